The number of nitrogens with one attached hydrogen (secondary N) is 1. The van der Waals surface area contributed by atoms with Crippen LogP contribution in [-0.2, 0) is 11.3 Å². The molecule has 0 bridgehead atoms. The lowest BCUT2D eigenvalue weighted by Crippen LogP contribution is -2.34. The summed E-state index contributed by atoms with van der Waals surface area (Å²) < 4.78 is 10.8. The highest BCUT2D eigenvalue weighted by Gasteiger charge is 2.19. The molecule has 3 rings (SSSR count). The highest BCUT2D eigenvalue weighted by atomic mass is 32.1. The molecule has 0 unspecified atom stereocenters. The largest absolute Gasteiger partial charge is 0.497 e. The van der Waals surface area contributed by atoms with Crippen LogP contribution < -0.4 is 19.4 Å². The van der Waals surface area contributed by atoms with Crippen molar-refractivity contribution in [3.8, 4) is 11.5 Å². The van der Waals surface area contributed by atoms with Gasteiger partial charge in [0, 0.05) is 17.0 Å². The van der Waals surface area contributed by atoms with E-state index in [4.69, 9.17) is 9.47 Å². The van der Waals surface area contributed by atoms with Gasteiger partial charge in [-0.1, -0.05) is 12.1 Å². The average molecular weight is 355 g/mol. The first-order valence-corrected chi connectivity index (χ1v) is 8.70. The van der Waals surface area contributed by atoms with Gasteiger partial charge in [-0.2, -0.15) is 0 Å². The number of rotatable bonds is 7. The first-order valence-electron chi connectivity index (χ1n) is 7.82. The third kappa shape index (κ3) is 4.58. The van der Waals surface area contributed by atoms with Gasteiger partial charge in [0.1, 0.15) is 17.2 Å². The number of aromatic nitrogens is 1. The van der Waals surface area contributed by atoms with Crippen LogP contribution in [0.1, 0.15) is 4.88 Å². The number of hydrogen-bond acceptors (Lipinski definition) is 4. The van der Waals surface area contributed by atoms with Gasteiger partial charge in [0.05, 0.1) is 13.7 Å². The molecular formula is C19H19N2O3S+. The predicted molar refractivity (Wildman–Crippen MR) is 97.0 cm³/mol. The molecule has 0 aliphatic rings. The maximum absolute atomic E-state index is 12.8. The van der Waals surface area contributed by atoms with Crippen LogP contribution in [0.4, 0.5) is 5.69 Å². The van der Waals surface area contributed by atoms with Crippen LogP contribution in [-0.4, -0.2) is 19.6 Å². The highest BCUT2D eigenvalue weighted by molar-refractivity contribution is 7.09. The van der Waals surface area contributed by atoms with Crippen molar-refractivity contribution in [3.63, 3.8) is 0 Å². The Morgan fingerprint density at radius 2 is 2.04 bits per heavy atom. The number of carbonyl (C=O) groups excluding carboxylic acids is 1. The lowest BCUT2D eigenvalue weighted by atomic mass is 10.3. The molecule has 0 aliphatic heterocycles. The summed E-state index contributed by atoms with van der Waals surface area (Å²) in [7, 11) is 1.60. The Balaban J connectivity index is 1.72. The molecule has 1 amide bonds. The molecule has 0 radical (unpaired) electrons. The standard InChI is InChI=1S/C19H18N2O3S/c1-23-16-6-2-7-17(11-16)24-14-19(22)21(13-18-8-4-10-25-18)15-5-3-9-20-12-15/h2-12H,13-14H2,1H3/p+1. The van der Waals surface area contributed by atoms with E-state index in [2.05, 4.69) is 4.98 Å². The Morgan fingerprint density at radius 1 is 1.16 bits per heavy atom. The summed E-state index contributed by atoms with van der Waals surface area (Å²) in [6.45, 7) is 0.462. The lowest BCUT2D eigenvalue weighted by molar-refractivity contribution is -0.377. The molecule has 5 nitrogen and oxygen atoms in total. The molecule has 0 saturated carbocycles. The molecule has 0 fully saturated rings. The molecule has 6 heteroatoms. The summed E-state index contributed by atoms with van der Waals surface area (Å²) in [4.78, 5) is 18.6. The minimum Gasteiger partial charge on any atom is -0.497 e. The van der Waals surface area contributed by atoms with Gasteiger partial charge in [0.15, 0.2) is 19.0 Å². The number of anilines is 1. The topological polar surface area (TPSA) is 52.9 Å². The zero-order valence-corrected chi connectivity index (χ0v) is 14.7. The molecule has 0 spiro atoms. The smallest absolute Gasteiger partial charge is 0.265 e. The van der Waals surface area contributed by atoms with Gasteiger partial charge in [-0.05, 0) is 29.6 Å². The summed E-state index contributed by atoms with van der Waals surface area (Å²) in [5, 5.41) is 2.00. The van der Waals surface area contributed by atoms with E-state index in [0.29, 0.717) is 18.0 Å². The molecule has 2 heterocycles. The third-order valence-corrected chi connectivity index (χ3v) is 4.46. The fourth-order valence-corrected chi connectivity index (χ4v) is 3.04. The number of hydrogen-bond donors (Lipinski definition) is 0. The van der Waals surface area contributed by atoms with Crippen molar-refractivity contribution < 1.29 is 19.3 Å². The van der Waals surface area contributed by atoms with Crippen molar-refractivity contribution in [2.75, 3.05) is 18.6 Å². The van der Waals surface area contributed by atoms with Crippen LogP contribution in [0.25, 0.3) is 0 Å². The summed E-state index contributed by atoms with van der Waals surface area (Å²) in [5.74, 6) is 1.18. The number of thiophene rings is 1. The van der Waals surface area contributed by atoms with E-state index < -0.39 is 0 Å². The van der Waals surface area contributed by atoms with E-state index in [1.165, 1.54) is 0 Å². The van der Waals surface area contributed by atoms with Crippen LogP contribution in [0.5, 0.6) is 11.5 Å². The highest BCUT2D eigenvalue weighted by Crippen LogP contribution is 2.21. The number of pyridine rings is 1. The maximum Gasteiger partial charge on any atom is 0.265 e. The summed E-state index contributed by atoms with van der Waals surface area (Å²) in [6, 6.07) is 15.0. The van der Waals surface area contributed by atoms with Gasteiger partial charge in [-0.15, -0.1) is 11.3 Å². The van der Waals surface area contributed by atoms with Crippen molar-refractivity contribution in [2.24, 2.45) is 0 Å². The van der Waals surface area contributed by atoms with Crippen LogP contribution in [0.2, 0.25) is 0 Å². The molecule has 1 aromatic carbocycles. The minimum atomic E-state index is -0.115. The molecule has 128 valence electrons. The van der Waals surface area contributed by atoms with Crippen LogP contribution >= 0.6 is 11.3 Å². The minimum absolute atomic E-state index is 0.0482. The molecule has 0 aliphatic carbocycles. The number of amides is 1. The zero-order chi connectivity index (χ0) is 17.5. The predicted octanol–water partition coefficient (Wildman–Crippen LogP) is 3.18. The van der Waals surface area contributed by atoms with E-state index in [1.807, 2.05) is 48.0 Å². The number of H-pyrrole nitrogens is 1. The van der Waals surface area contributed by atoms with Gasteiger partial charge in [-0.3, -0.25) is 9.69 Å². The van der Waals surface area contributed by atoms with Gasteiger partial charge >= 0.3 is 0 Å². The molecule has 2 aromatic heterocycles. The number of aromatic amines is 1. The Hall–Kier alpha value is -2.86. The molecule has 3 aromatic rings. The SMILES string of the molecule is COc1cccc(OCC(=O)N(Cc2cccs2)c2ccc[nH+]c2)c1. The van der Waals surface area contributed by atoms with Crippen molar-refractivity contribution in [2.45, 2.75) is 6.54 Å². The third-order valence-electron chi connectivity index (χ3n) is 3.60. The fraction of sp³-hybridized carbons (Fsp3) is 0.158. The second-order valence-corrected chi connectivity index (χ2v) is 6.32. The summed E-state index contributed by atoms with van der Waals surface area (Å²) in [6.07, 6.45) is 3.61. The van der Waals surface area contributed by atoms with Crippen molar-refractivity contribution in [1.82, 2.24) is 0 Å². The van der Waals surface area contributed by atoms with Crippen LogP contribution in [0, 0.1) is 0 Å². The van der Waals surface area contributed by atoms with Crippen molar-refractivity contribution >= 4 is 22.9 Å². The van der Waals surface area contributed by atoms with Gasteiger partial charge in [-0.25, -0.2) is 4.98 Å². The van der Waals surface area contributed by atoms with Gasteiger partial charge in [0.25, 0.3) is 5.91 Å². The number of benzene rings is 1. The normalized spacial score (nSPS) is 10.3. The Morgan fingerprint density at radius 3 is 2.76 bits per heavy atom. The Labute approximate surface area is 150 Å². The number of nitrogens with zero attached hydrogens (tertiary/aromatic N) is 1. The Kier molecular flexibility index (Phi) is 5.64. The van der Waals surface area contributed by atoms with E-state index in [1.54, 1.807) is 41.7 Å². The van der Waals surface area contributed by atoms with E-state index in [0.717, 1.165) is 10.6 Å². The monoisotopic (exact) mass is 355 g/mol. The van der Waals surface area contributed by atoms with Crippen LogP contribution in [0.3, 0.4) is 0 Å². The van der Waals surface area contributed by atoms with E-state index >= 15 is 0 Å². The second-order valence-electron chi connectivity index (χ2n) is 5.29. The number of ether oxygens (including phenoxy) is 2. The quantitative estimate of drug-likeness (QED) is 0.654. The summed E-state index contributed by atoms with van der Waals surface area (Å²) in [5.41, 5.74) is 0.801. The lowest BCUT2D eigenvalue weighted by Gasteiger charge is -2.21. The first-order chi connectivity index (χ1) is 12.3. The maximum atomic E-state index is 12.8. The van der Waals surface area contributed by atoms with Crippen molar-refractivity contribution in [3.05, 3.63) is 71.2 Å². The average Bonchev–Trinajstić information content (AvgIpc) is 3.18. The fourth-order valence-electron chi connectivity index (χ4n) is 2.35. The van der Waals surface area contributed by atoms with Gasteiger partial charge < -0.3 is 9.47 Å². The molecule has 1 N–H and O–H groups in total. The zero-order valence-electron chi connectivity index (χ0n) is 13.8. The number of methoxy groups -OCH3 is 1. The molecule has 0 atom stereocenters. The first kappa shape index (κ1) is 17.0. The second kappa shape index (κ2) is 8.30. The molecule has 25 heavy (non-hydrogen) atoms. The Bertz CT molecular complexity index is 807. The molecular weight excluding hydrogens is 336 g/mol. The van der Waals surface area contributed by atoms with Gasteiger partial charge in [0.2, 0.25) is 0 Å². The van der Waals surface area contributed by atoms with E-state index in [9.17, 15) is 4.79 Å². The van der Waals surface area contributed by atoms with Crippen molar-refractivity contribution in [1.29, 1.82) is 0 Å². The summed E-state index contributed by atoms with van der Waals surface area (Å²) >= 11 is 1.62. The van der Waals surface area contributed by atoms with Crippen LogP contribution in [0.15, 0.2) is 66.3 Å². The van der Waals surface area contributed by atoms with E-state index in [-0.39, 0.29) is 12.5 Å². The molecule has 0 saturated heterocycles. The number of carbonyl (C=O) groups is 1.